The van der Waals surface area contributed by atoms with Crippen LogP contribution in [0.25, 0.3) is 0 Å². The normalized spacial score (nSPS) is 18.2. The molecule has 1 atom stereocenters. The number of fused-ring (bicyclic) bond motifs is 1. The Hall–Kier alpha value is -3.16. The average Bonchev–Trinajstić information content (AvgIpc) is 3.20. The monoisotopic (exact) mass is 368 g/mol. The second-order valence-corrected chi connectivity index (χ2v) is 6.59. The second-order valence-electron chi connectivity index (χ2n) is 6.59. The van der Waals surface area contributed by atoms with Crippen LogP contribution in [0.3, 0.4) is 0 Å². The zero-order chi connectivity index (χ0) is 18.6. The molecule has 0 saturated carbocycles. The van der Waals surface area contributed by atoms with Gasteiger partial charge in [0.1, 0.15) is 5.69 Å². The van der Waals surface area contributed by atoms with Crippen LogP contribution in [-0.2, 0) is 11.3 Å². The number of amides is 2. The predicted octanol–water partition coefficient (Wildman–Crippen LogP) is 1.37. The lowest BCUT2D eigenvalue weighted by atomic mass is 9.96. The molecular formula is C19H20N4O4. The zero-order valence-corrected chi connectivity index (χ0v) is 14.8. The molecule has 2 aromatic rings. The molecule has 2 aliphatic heterocycles. The van der Waals surface area contributed by atoms with Gasteiger partial charge in [-0.05, 0) is 30.5 Å². The minimum absolute atomic E-state index is 0.0516. The number of hydrogen-bond acceptors (Lipinski definition) is 6. The highest BCUT2D eigenvalue weighted by atomic mass is 16.7. The van der Waals surface area contributed by atoms with Gasteiger partial charge in [-0.1, -0.05) is 6.07 Å². The van der Waals surface area contributed by atoms with Crippen LogP contribution in [0.2, 0.25) is 0 Å². The molecule has 8 heteroatoms. The fourth-order valence-electron chi connectivity index (χ4n) is 3.33. The van der Waals surface area contributed by atoms with E-state index in [2.05, 4.69) is 15.3 Å². The molecule has 0 bridgehead atoms. The Morgan fingerprint density at radius 1 is 1.22 bits per heavy atom. The maximum absolute atomic E-state index is 12.6. The lowest BCUT2D eigenvalue weighted by Gasteiger charge is -2.31. The van der Waals surface area contributed by atoms with Gasteiger partial charge < -0.3 is 19.7 Å². The van der Waals surface area contributed by atoms with Crippen molar-refractivity contribution in [2.24, 2.45) is 5.92 Å². The molecule has 1 fully saturated rings. The lowest BCUT2D eigenvalue weighted by Crippen LogP contribution is -2.45. The number of carbonyl (C=O) groups excluding carboxylic acids is 2. The quantitative estimate of drug-likeness (QED) is 0.876. The number of carbonyl (C=O) groups is 2. The number of benzene rings is 1. The van der Waals surface area contributed by atoms with E-state index in [9.17, 15) is 9.59 Å². The summed E-state index contributed by atoms with van der Waals surface area (Å²) in [6, 6.07) is 5.61. The van der Waals surface area contributed by atoms with Crippen molar-refractivity contribution >= 4 is 11.8 Å². The molecular weight excluding hydrogens is 348 g/mol. The highest BCUT2D eigenvalue weighted by molar-refractivity contribution is 5.92. The molecule has 3 heterocycles. The summed E-state index contributed by atoms with van der Waals surface area (Å²) in [5.74, 6) is 0.949. The Morgan fingerprint density at radius 2 is 2.11 bits per heavy atom. The third-order valence-electron chi connectivity index (χ3n) is 4.77. The average molecular weight is 368 g/mol. The highest BCUT2D eigenvalue weighted by Gasteiger charge is 2.29. The van der Waals surface area contributed by atoms with Crippen molar-refractivity contribution in [3.05, 3.63) is 48.0 Å². The van der Waals surface area contributed by atoms with E-state index in [0.29, 0.717) is 31.1 Å². The maximum atomic E-state index is 12.6. The van der Waals surface area contributed by atoms with E-state index in [4.69, 9.17) is 9.47 Å². The topological polar surface area (TPSA) is 93.7 Å². The van der Waals surface area contributed by atoms with Crippen molar-refractivity contribution in [1.29, 1.82) is 0 Å². The number of hydrogen-bond donors (Lipinski definition) is 1. The summed E-state index contributed by atoms with van der Waals surface area (Å²) in [5, 5.41) is 2.96. The Bertz CT molecular complexity index is 843. The molecule has 0 unspecified atom stereocenters. The molecule has 1 N–H and O–H groups in total. The molecule has 2 aliphatic rings. The number of ether oxygens (including phenoxy) is 2. The van der Waals surface area contributed by atoms with Gasteiger partial charge in [-0.2, -0.15) is 0 Å². The van der Waals surface area contributed by atoms with Gasteiger partial charge >= 0.3 is 0 Å². The van der Waals surface area contributed by atoms with E-state index in [0.717, 1.165) is 24.2 Å². The molecule has 4 rings (SSSR count). The van der Waals surface area contributed by atoms with E-state index < -0.39 is 0 Å². The minimum atomic E-state index is -0.228. The number of likely N-dealkylation sites (tertiary alicyclic amines) is 1. The van der Waals surface area contributed by atoms with E-state index in [1.165, 1.54) is 18.6 Å². The summed E-state index contributed by atoms with van der Waals surface area (Å²) < 4.78 is 10.6. The van der Waals surface area contributed by atoms with Gasteiger partial charge in [-0.3, -0.25) is 14.6 Å². The van der Waals surface area contributed by atoms with E-state index in [-0.39, 0.29) is 24.5 Å². The molecule has 1 saturated heterocycles. The highest BCUT2D eigenvalue weighted by Crippen LogP contribution is 2.32. The molecule has 0 aliphatic carbocycles. The van der Waals surface area contributed by atoms with Crippen molar-refractivity contribution in [3.8, 4) is 11.5 Å². The van der Waals surface area contributed by atoms with Crippen LogP contribution in [-0.4, -0.2) is 46.6 Å². The fourth-order valence-corrected chi connectivity index (χ4v) is 3.33. The summed E-state index contributed by atoms with van der Waals surface area (Å²) in [6.07, 6.45) is 6.02. The van der Waals surface area contributed by atoms with Crippen molar-refractivity contribution in [1.82, 2.24) is 20.2 Å². The minimum Gasteiger partial charge on any atom is -0.454 e. The van der Waals surface area contributed by atoms with Crippen LogP contribution in [0.4, 0.5) is 0 Å². The first-order chi connectivity index (χ1) is 13.2. The largest absolute Gasteiger partial charge is 0.454 e. The van der Waals surface area contributed by atoms with Gasteiger partial charge in [-0.25, -0.2) is 4.98 Å². The van der Waals surface area contributed by atoms with Crippen LogP contribution in [0.5, 0.6) is 11.5 Å². The van der Waals surface area contributed by atoms with Crippen molar-refractivity contribution < 1.29 is 19.1 Å². The van der Waals surface area contributed by atoms with Gasteiger partial charge in [0, 0.05) is 32.0 Å². The third-order valence-corrected chi connectivity index (χ3v) is 4.77. The molecule has 140 valence electrons. The SMILES string of the molecule is O=C(NCc1ccc2c(c1)OCO2)[C@@H]1CCCN(C(=O)c2cnccn2)C1. The molecule has 0 radical (unpaired) electrons. The van der Waals surface area contributed by atoms with Crippen molar-refractivity contribution in [2.75, 3.05) is 19.9 Å². The van der Waals surface area contributed by atoms with Gasteiger partial charge in [-0.15, -0.1) is 0 Å². The van der Waals surface area contributed by atoms with Crippen LogP contribution in [0.15, 0.2) is 36.8 Å². The van der Waals surface area contributed by atoms with Crippen molar-refractivity contribution in [2.45, 2.75) is 19.4 Å². The van der Waals surface area contributed by atoms with E-state index in [1.807, 2.05) is 18.2 Å². The van der Waals surface area contributed by atoms with Gasteiger partial charge in [0.05, 0.1) is 12.1 Å². The van der Waals surface area contributed by atoms with Crippen LogP contribution in [0, 0.1) is 5.92 Å². The molecule has 1 aromatic heterocycles. The molecule has 8 nitrogen and oxygen atoms in total. The molecule has 0 spiro atoms. The van der Waals surface area contributed by atoms with Crippen molar-refractivity contribution in [3.63, 3.8) is 0 Å². The van der Waals surface area contributed by atoms with E-state index in [1.54, 1.807) is 4.90 Å². The summed E-state index contributed by atoms with van der Waals surface area (Å²) in [7, 11) is 0. The summed E-state index contributed by atoms with van der Waals surface area (Å²) in [4.78, 5) is 34.8. The number of nitrogens with one attached hydrogen (secondary N) is 1. The van der Waals surface area contributed by atoms with Crippen LogP contribution in [0.1, 0.15) is 28.9 Å². The molecule has 27 heavy (non-hydrogen) atoms. The first-order valence-corrected chi connectivity index (χ1v) is 8.92. The lowest BCUT2D eigenvalue weighted by molar-refractivity contribution is -0.126. The fraction of sp³-hybridized carbons (Fsp3) is 0.368. The van der Waals surface area contributed by atoms with Gasteiger partial charge in [0.2, 0.25) is 12.7 Å². The summed E-state index contributed by atoms with van der Waals surface area (Å²) in [5.41, 5.74) is 1.25. The third kappa shape index (κ3) is 3.84. The summed E-state index contributed by atoms with van der Waals surface area (Å²) in [6.45, 7) is 1.65. The molecule has 1 aromatic carbocycles. The zero-order valence-electron chi connectivity index (χ0n) is 14.8. The van der Waals surface area contributed by atoms with Gasteiger partial charge in [0.25, 0.3) is 5.91 Å². The number of nitrogens with zero attached hydrogens (tertiary/aromatic N) is 3. The summed E-state index contributed by atoms with van der Waals surface area (Å²) >= 11 is 0. The Kier molecular flexibility index (Phi) is 4.86. The van der Waals surface area contributed by atoms with Gasteiger partial charge in [0.15, 0.2) is 11.5 Å². The maximum Gasteiger partial charge on any atom is 0.274 e. The van der Waals surface area contributed by atoms with Crippen LogP contribution < -0.4 is 14.8 Å². The Morgan fingerprint density at radius 3 is 2.96 bits per heavy atom. The first kappa shape index (κ1) is 17.3. The number of piperidine rings is 1. The van der Waals surface area contributed by atoms with E-state index >= 15 is 0 Å². The smallest absolute Gasteiger partial charge is 0.274 e. The molecule has 2 amide bonds. The number of rotatable bonds is 4. The predicted molar refractivity (Wildman–Crippen MR) is 95.1 cm³/mol. The second kappa shape index (κ2) is 7.61. The standard InChI is InChI=1S/C19H20N4O4/c24-18(22-9-13-3-4-16-17(8-13)27-12-26-16)14-2-1-7-23(11-14)19(25)15-10-20-5-6-21-15/h3-6,8,10,14H,1-2,7,9,11-12H2,(H,22,24)/t14-/m1/s1. The first-order valence-electron chi connectivity index (χ1n) is 8.92. The van der Waals surface area contributed by atoms with Crippen LogP contribution >= 0.6 is 0 Å². The Balaban J connectivity index is 1.34. The number of aromatic nitrogens is 2. The Labute approximate surface area is 156 Å².